The molecule has 0 spiro atoms. The van der Waals surface area contributed by atoms with Crippen LogP contribution in [0.1, 0.15) is 17.4 Å². The van der Waals surface area contributed by atoms with E-state index in [1.807, 2.05) is 0 Å². The van der Waals surface area contributed by atoms with Crippen LogP contribution >= 0.6 is 0 Å². The molecule has 1 amide bonds. The molecule has 0 saturated heterocycles. The maximum Gasteiger partial charge on any atom is 0.328 e. The van der Waals surface area contributed by atoms with E-state index in [1.54, 1.807) is 17.7 Å². The highest BCUT2D eigenvalue weighted by Crippen LogP contribution is 1.97. The smallest absolute Gasteiger partial charge is 0.328 e. The molecule has 1 atom stereocenters. The van der Waals surface area contributed by atoms with Crippen LogP contribution in [0.25, 0.3) is 0 Å². The molecule has 0 bridgehead atoms. The monoisotopic (exact) mass is 240 g/mol. The van der Waals surface area contributed by atoms with Gasteiger partial charge in [-0.15, -0.1) is 0 Å². The number of amides is 1. The van der Waals surface area contributed by atoms with Gasteiger partial charge in [-0.25, -0.2) is 9.78 Å². The molecule has 7 nitrogen and oxygen atoms in total. The first-order valence-electron chi connectivity index (χ1n) is 5.19. The molecule has 0 unspecified atom stereocenters. The molecular formula is C10H16N4O3. The second-order valence-electron chi connectivity index (χ2n) is 3.50. The summed E-state index contributed by atoms with van der Waals surface area (Å²) < 4.78 is 6.20. The van der Waals surface area contributed by atoms with E-state index >= 15 is 0 Å². The first kappa shape index (κ1) is 13.2. The number of methoxy groups -OCH3 is 1. The first-order valence-corrected chi connectivity index (χ1v) is 5.19. The second-order valence-corrected chi connectivity index (χ2v) is 3.50. The predicted octanol–water partition coefficient (Wildman–Crippen LogP) is -0.867. The lowest BCUT2D eigenvalue weighted by Gasteiger charge is -2.09. The number of nitrogens with zero attached hydrogens (tertiary/aromatic N) is 2. The Hall–Kier alpha value is -1.89. The number of hydrogen-bond acceptors (Lipinski definition) is 5. The molecule has 0 radical (unpaired) electrons. The Kier molecular flexibility index (Phi) is 4.65. The van der Waals surface area contributed by atoms with Crippen molar-refractivity contribution < 1.29 is 14.3 Å². The van der Waals surface area contributed by atoms with Crippen molar-refractivity contribution in [2.45, 2.75) is 19.5 Å². The fourth-order valence-electron chi connectivity index (χ4n) is 1.25. The van der Waals surface area contributed by atoms with Crippen molar-refractivity contribution in [1.29, 1.82) is 0 Å². The Labute approximate surface area is 99.0 Å². The van der Waals surface area contributed by atoms with Crippen LogP contribution in [0.2, 0.25) is 0 Å². The van der Waals surface area contributed by atoms with Gasteiger partial charge < -0.3 is 20.4 Å². The summed E-state index contributed by atoms with van der Waals surface area (Å²) in [5, 5.41) is 2.48. The molecule has 1 heterocycles. The zero-order chi connectivity index (χ0) is 12.8. The van der Waals surface area contributed by atoms with Crippen LogP contribution in [0.5, 0.6) is 0 Å². The Morgan fingerprint density at radius 3 is 2.94 bits per heavy atom. The third-order valence-electron chi connectivity index (χ3n) is 2.16. The Bertz CT molecular complexity index is 402. The normalized spacial score (nSPS) is 11.9. The number of carbonyl (C=O) groups is 2. The summed E-state index contributed by atoms with van der Waals surface area (Å²) in [7, 11) is 1.26. The Balaban J connectivity index is 2.60. The number of nitrogens with one attached hydrogen (secondary N) is 1. The number of ether oxygens (including phenoxy) is 1. The molecule has 3 N–H and O–H groups in total. The number of carbonyl (C=O) groups excluding carboxylic acids is 2. The summed E-state index contributed by atoms with van der Waals surface area (Å²) in [6.45, 7) is 2.60. The van der Waals surface area contributed by atoms with Crippen molar-refractivity contribution in [3.05, 3.63) is 18.2 Å². The maximum atomic E-state index is 11.7. The number of hydrogen-bond donors (Lipinski definition) is 2. The highest BCUT2D eigenvalue weighted by atomic mass is 16.5. The summed E-state index contributed by atoms with van der Waals surface area (Å²) in [4.78, 5) is 26.7. The van der Waals surface area contributed by atoms with Gasteiger partial charge in [0.05, 0.1) is 13.4 Å². The van der Waals surface area contributed by atoms with E-state index in [2.05, 4.69) is 15.0 Å². The van der Waals surface area contributed by atoms with Crippen LogP contribution in [-0.2, 0) is 16.1 Å². The van der Waals surface area contributed by atoms with Crippen molar-refractivity contribution >= 4 is 11.9 Å². The van der Waals surface area contributed by atoms with E-state index < -0.39 is 17.9 Å². The van der Waals surface area contributed by atoms with Gasteiger partial charge in [-0.1, -0.05) is 0 Å². The minimum absolute atomic E-state index is 0.245. The van der Waals surface area contributed by atoms with Gasteiger partial charge in [0.25, 0.3) is 5.91 Å². The van der Waals surface area contributed by atoms with Crippen LogP contribution in [0, 0.1) is 0 Å². The molecule has 0 saturated carbocycles. The van der Waals surface area contributed by atoms with Crippen LogP contribution in [0.4, 0.5) is 0 Å². The number of rotatable bonds is 5. The fraction of sp³-hybridized carbons (Fsp3) is 0.500. The van der Waals surface area contributed by atoms with Gasteiger partial charge in [0.2, 0.25) is 0 Å². The number of esters is 1. The summed E-state index contributed by atoms with van der Waals surface area (Å²) in [5.41, 5.74) is 5.62. The molecule has 0 aliphatic rings. The number of nitrogens with two attached hydrogens (primary N) is 1. The third-order valence-corrected chi connectivity index (χ3v) is 2.16. The van der Waals surface area contributed by atoms with Crippen LogP contribution < -0.4 is 11.1 Å². The predicted molar refractivity (Wildman–Crippen MR) is 60.2 cm³/mol. The lowest BCUT2D eigenvalue weighted by molar-refractivity contribution is -0.142. The second kappa shape index (κ2) is 6.00. The average Bonchev–Trinajstić information content (AvgIpc) is 2.77. The van der Waals surface area contributed by atoms with Gasteiger partial charge in [0.15, 0.2) is 0 Å². The molecule has 1 aromatic heterocycles. The molecule has 1 rings (SSSR count). The third kappa shape index (κ3) is 3.56. The molecular weight excluding hydrogens is 224 g/mol. The van der Waals surface area contributed by atoms with E-state index in [0.717, 1.165) is 0 Å². The Morgan fingerprint density at radius 1 is 1.65 bits per heavy atom. The summed E-state index contributed by atoms with van der Waals surface area (Å²) in [6.07, 6.45) is 3.09. The van der Waals surface area contributed by atoms with Crippen LogP contribution in [-0.4, -0.2) is 41.1 Å². The maximum absolute atomic E-state index is 11.7. The highest BCUT2D eigenvalue weighted by molar-refractivity contribution is 5.94. The minimum Gasteiger partial charge on any atom is -0.467 e. The zero-order valence-electron chi connectivity index (χ0n) is 9.84. The van der Waals surface area contributed by atoms with E-state index in [1.165, 1.54) is 13.4 Å². The standard InChI is InChI=1S/C10H16N4O3/c1-7(10(16)17-2)13-9(15)8-5-14(4-3-11)6-12-8/h5-7H,3-4,11H2,1-2H3,(H,13,15)/t7-/m0/s1. The molecule has 0 aromatic carbocycles. The summed E-state index contributed by atoms with van der Waals surface area (Å²) in [5.74, 6) is -0.918. The molecule has 1 aromatic rings. The van der Waals surface area contributed by atoms with Crippen LogP contribution in [0.3, 0.4) is 0 Å². The topological polar surface area (TPSA) is 99.2 Å². The van der Waals surface area contributed by atoms with Gasteiger partial charge in [-0.05, 0) is 6.92 Å². The lowest BCUT2D eigenvalue weighted by atomic mass is 10.3. The van der Waals surface area contributed by atoms with Crippen molar-refractivity contribution in [2.75, 3.05) is 13.7 Å². The van der Waals surface area contributed by atoms with E-state index in [0.29, 0.717) is 13.1 Å². The molecule has 0 aliphatic carbocycles. The van der Waals surface area contributed by atoms with Crippen molar-refractivity contribution in [3.63, 3.8) is 0 Å². The van der Waals surface area contributed by atoms with E-state index in [-0.39, 0.29) is 5.69 Å². The number of aromatic nitrogens is 2. The van der Waals surface area contributed by atoms with Crippen LogP contribution in [0.15, 0.2) is 12.5 Å². The van der Waals surface area contributed by atoms with Gasteiger partial charge in [0.1, 0.15) is 11.7 Å². The molecule has 0 aliphatic heterocycles. The minimum atomic E-state index is -0.702. The molecule has 7 heteroatoms. The van der Waals surface area contributed by atoms with Crippen molar-refractivity contribution in [1.82, 2.24) is 14.9 Å². The molecule has 94 valence electrons. The van der Waals surface area contributed by atoms with Gasteiger partial charge in [-0.2, -0.15) is 0 Å². The highest BCUT2D eigenvalue weighted by Gasteiger charge is 2.18. The lowest BCUT2D eigenvalue weighted by Crippen LogP contribution is -2.39. The zero-order valence-corrected chi connectivity index (χ0v) is 9.84. The van der Waals surface area contributed by atoms with Gasteiger partial charge >= 0.3 is 5.97 Å². The van der Waals surface area contributed by atoms with E-state index in [4.69, 9.17) is 5.73 Å². The SMILES string of the molecule is COC(=O)[C@H](C)NC(=O)c1cn(CCN)cn1. The molecule has 0 fully saturated rings. The average molecular weight is 240 g/mol. The quantitative estimate of drug-likeness (QED) is 0.652. The summed E-state index contributed by atoms with van der Waals surface area (Å²) >= 11 is 0. The van der Waals surface area contributed by atoms with Gasteiger partial charge in [-0.3, -0.25) is 4.79 Å². The largest absolute Gasteiger partial charge is 0.467 e. The van der Waals surface area contributed by atoms with Gasteiger partial charge in [0, 0.05) is 19.3 Å². The number of imidazole rings is 1. The van der Waals surface area contributed by atoms with Crippen molar-refractivity contribution in [3.8, 4) is 0 Å². The molecule has 17 heavy (non-hydrogen) atoms. The fourth-order valence-corrected chi connectivity index (χ4v) is 1.25. The summed E-state index contributed by atoms with van der Waals surface area (Å²) in [6, 6.07) is -0.702. The first-order chi connectivity index (χ1) is 8.08. The van der Waals surface area contributed by atoms with Crippen molar-refractivity contribution in [2.24, 2.45) is 5.73 Å². The van der Waals surface area contributed by atoms with E-state index in [9.17, 15) is 9.59 Å². The Morgan fingerprint density at radius 2 is 2.35 bits per heavy atom.